The van der Waals surface area contributed by atoms with Crippen molar-refractivity contribution in [2.24, 2.45) is 0 Å². The smallest absolute Gasteiger partial charge is 0.180 e. The van der Waals surface area contributed by atoms with E-state index < -0.39 is 15.1 Å². The van der Waals surface area contributed by atoms with Crippen LogP contribution >= 0.6 is 11.6 Å². The highest BCUT2D eigenvalue weighted by Gasteiger charge is 2.20. The number of sulfone groups is 1. The van der Waals surface area contributed by atoms with E-state index in [2.05, 4.69) is 20.6 Å². The Labute approximate surface area is 179 Å². The Bertz CT molecular complexity index is 1240. The quantitative estimate of drug-likeness (QED) is 0.573. The number of fused-ring (bicyclic) bond motifs is 1. The Kier molecular flexibility index (Phi) is 5.36. The molecule has 0 amide bonds. The van der Waals surface area contributed by atoms with Crippen molar-refractivity contribution in [1.82, 2.24) is 15.3 Å². The van der Waals surface area contributed by atoms with E-state index in [1.54, 1.807) is 62.5 Å². The fraction of sp³-hybridized carbons (Fsp3) is 0.143. The average molecular weight is 442 g/mol. The third kappa shape index (κ3) is 3.83. The van der Waals surface area contributed by atoms with E-state index >= 15 is 0 Å². The first-order valence-corrected chi connectivity index (χ1v) is 11.1. The number of halogens is 1. The first kappa shape index (κ1) is 20.2. The zero-order valence-electron chi connectivity index (χ0n) is 16.2. The largest absolute Gasteiger partial charge is 0.456 e. The van der Waals surface area contributed by atoms with Crippen LogP contribution in [0.2, 0.25) is 5.02 Å². The summed E-state index contributed by atoms with van der Waals surface area (Å²) in [6.45, 7) is 3.28. The molecule has 153 valence electrons. The molecular formula is C21H18ClN4O3S. The molecule has 3 aromatic rings. The van der Waals surface area contributed by atoms with Gasteiger partial charge in [0.05, 0.1) is 21.5 Å². The van der Waals surface area contributed by atoms with Crippen LogP contribution in [-0.2, 0) is 9.84 Å². The molecule has 0 spiro atoms. The van der Waals surface area contributed by atoms with Crippen LogP contribution in [0, 0.1) is 0 Å². The second-order valence-corrected chi connectivity index (χ2v) is 9.70. The number of rotatable bonds is 6. The average Bonchev–Trinajstić information content (AvgIpc) is 3.21. The van der Waals surface area contributed by atoms with E-state index in [1.165, 1.54) is 12.4 Å². The van der Waals surface area contributed by atoms with Gasteiger partial charge in [-0.15, -0.1) is 0 Å². The van der Waals surface area contributed by atoms with Gasteiger partial charge in [-0.2, -0.15) is 0 Å². The monoisotopic (exact) mass is 441 g/mol. The zero-order chi connectivity index (χ0) is 21.3. The molecule has 30 heavy (non-hydrogen) atoms. The highest BCUT2D eigenvalue weighted by atomic mass is 35.5. The standard InChI is InChI=1S/C21H18ClN4O3S/c1-13(2)30(27,28)15-6-3-5-14(11-15)29-18-8-4-7-16(19(18)22)26-21-20-17(9-10-23-20)24-12-25-21/h3-13H,1-2H3,(H,24,25,26). The summed E-state index contributed by atoms with van der Waals surface area (Å²) >= 11 is 6.54. The summed E-state index contributed by atoms with van der Waals surface area (Å²) in [7, 11) is -3.41. The molecule has 0 saturated heterocycles. The Hall–Kier alpha value is -3.10. The van der Waals surface area contributed by atoms with E-state index in [0.29, 0.717) is 33.7 Å². The molecule has 2 heterocycles. The maximum Gasteiger partial charge on any atom is 0.180 e. The van der Waals surface area contributed by atoms with Crippen LogP contribution in [0.1, 0.15) is 19.5 Å². The first-order chi connectivity index (χ1) is 14.4. The molecule has 0 unspecified atom stereocenters. The van der Waals surface area contributed by atoms with Gasteiger partial charge in [-0.1, -0.05) is 23.7 Å². The third-order valence-corrected chi connectivity index (χ3v) is 7.03. The van der Waals surface area contributed by atoms with E-state index in [1.807, 2.05) is 0 Å². The van der Waals surface area contributed by atoms with Crippen LogP contribution in [0.4, 0.5) is 17.2 Å². The van der Waals surface area contributed by atoms with E-state index in [0.717, 1.165) is 5.69 Å². The number of ether oxygens (including phenoxy) is 1. The van der Waals surface area contributed by atoms with Crippen molar-refractivity contribution in [2.45, 2.75) is 24.0 Å². The number of nitrogens with one attached hydrogen (secondary N) is 1. The van der Waals surface area contributed by atoms with Crippen LogP contribution in [-0.4, -0.2) is 23.6 Å². The van der Waals surface area contributed by atoms with Crippen molar-refractivity contribution < 1.29 is 13.2 Å². The summed E-state index contributed by atoms with van der Waals surface area (Å²) in [4.78, 5) is 8.59. The predicted molar refractivity (Wildman–Crippen MR) is 116 cm³/mol. The van der Waals surface area contributed by atoms with Gasteiger partial charge in [-0.3, -0.25) is 5.32 Å². The summed E-state index contributed by atoms with van der Waals surface area (Å²) in [5.74, 6) is 1.27. The summed E-state index contributed by atoms with van der Waals surface area (Å²) in [6, 6.07) is 11.6. The number of aromatic nitrogens is 2. The molecule has 0 atom stereocenters. The zero-order valence-corrected chi connectivity index (χ0v) is 17.8. The Morgan fingerprint density at radius 2 is 1.90 bits per heavy atom. The molecule has 1 aliphatic heterocycles. The van der Waals surface area contributed by atoms with Gasteiger partial charge < -0.3 is 10.1 Å². The topological polar surface area (TPSA) is 95.3 Å². The summed E-state index contributed by atoms with van der Waals surface area (Å²) in [5, 5.41) is 7.22. The highest BCUT2D eigenvalue weighted by molar-refractivity contribution is 7.92. The molecule has 9 heteroatoms. The summed E-state index contributed by atoms with van der Waals surface area (Å²) < 4.78 is 30.8. The molecule has 7 nitrogen and oxygen atoms in total. The van der Waals surface area contributed by atoms with Crippen molar-refractivity contribution in [3.05, 3.63) is 65.7 Å². The minimum atomic E-state index is -3.41. The van der Waals surface area contributed by atoms with Crippen LogP contribution < -0.4 is 15.4 Å². The molecule has 0 bridgehead atoms. The van der Waals surface area contributed by atoms with Crippen LogP contribution in [0.5, 0.6) is 11.5 Å². The fourth-order valence-electron chi connectivity index (χ4n) is 2.84. The Balaban J connectivity index is 1.61. The minimum absolute atomic E-state index is 0.200. The number of hydrogen-bond donors (Lipinski definition) is 1. The van der Waals surface area contributed by atoms with Crippen molar-refractivity contribution in [3.63, 3.8) is 0 Å². The lowest BCUT2D eigenvalue weighted by Crippen LogP contribution is -2.13. The molecule has 1 aromatic heterocycles. The lowest BCUT2D eigenvalue weighted by molar-refractivity contribution is 0.481. The number of nitrogens with zero attached hydrogens (tertiary/aromatic N) is 3. The van der Waals surface area contributed by atoms with Gasteiger partial charge in [-0.05, 0) is 50.3 Å². The van der Waals surface area contributed by atoms with E-state index in [-0.39, 0.29) is 4.90 Å². The number of hydrogen-bond acceptors (Lipinski definition) is 6. The number of benzene rings is 2. The molecule has 0 aliphatic carbocycles. The highest BCUT2D eigenvalue weighted by Crippen LogP contribution is 2.38. The lowest BCUT2D eigenvalue weighted by Gasteiger charge is -2.14. The molecular weight excluding hydrogens is 424 g/mol. The number of anilines is 2. The Morgan fingerprint density at radius 1 is 1.10 bits per heavy atom. The second-order valence-electron chi connectivity index (χ2n) is 6.81. The fourth-order valence-corrected chi connectivity index (χ4v) is 4.15. The van der Waals surface area contributed by atoms with Crippen molar-refractivity contribution in [3.8, 4) is 11.5 Å². The molecule has 1 aliphatic rings. The van der Waals surface area contributed by atoms with Gasteiger partial charge in [0.25, 0.3) is 0 Å². The predicted octanol–water partition coefficient (Wildman–Crippen LogP) is 5.07. The van der Waals surface area contributed by atoms with Crippen molar-refractivity contribution in [1.29, 1.82) is 0 Å². The van der Waals surface area contributed by atoms with E-state index in [9.17, 15) is 8.42 Å². The molecule has 2 aromatic carbocycles. The molecule has 1 radical (unpaired) electrons. The van der Waals surface area contributed by atoms with E-state index in [4.69, 9.17) is 16.3 Å². The van der Waals surface area contributed by atoms with Gasteiger partial charge in [-0.25, -0.2) is 18.4 Å². The SMILES string of the molecule is CC(C)S(=O)(=O)c1cccc(Oc2cccc(Nc3ncnc4c3[N]C=C4)c2Cl)c1. The molecule has 0 fully saturated rings. The summed E-state index contributed by atoms with van der Waals surface area (Å²) in [6.07, 6.45) is 4.90. The Morgan fingerprint density at radius 3 is 2.70 bits per heavy atom. The maximum atomic E-state index is 12.4. The normalized spacial score (nSPS) is 12.5. The lowest BCUT2D eigenvalue weighted by atomic mass is 10.2. The minimum Gasteiger partial charge on any atom is -0.456 e. The summed E-state index contributed by atoms with van der Waals surface area (Å²) in [5.41, 5.74) is 1.92. The van der Waals surface area contributed by atoms with Crippen molar-refractivity contribution >= 4 is 44.7 Å². The van der Waals surface area contributed by atoms with Crippen LogP contribution in [0.15, 0.2) is 59.9 Å². The van der Waals surface area contributed by atoms with Gasteiger partial charge >= 0.3 is 0 Å². The first-order valence-electron chi connectivity index (χ1n) is 9.16. The second kappa shape index (κ2) is 7.97. The van der Waals surface area contributed by atoms with Gasteiger partial charge in [0.15, 0.2) is 15.7 Å². The third-order valence-electron chi connectivity index (χ3n) is 4.49. The molecule has 4 rings (SSSR count). The molecule has 0 saturated carbocycles. The van der Waals surface area contributed by atoms with Crippen LogP contribution in [0.25, 0.3) is 6.08 Å². The van der Waals surface area contributed by atoms with Crippen molar-refractivity contribution in [2.75, 3.05) is 5.32 Å². The van der Waals surface area contributed by atoms with Gasteiger partial charge in [0, 0.05) is 6.20 Å². The molecule has 1 N–H and O–H groups in total. The van der Waals surface area contributed by atoms with Gasteiger partial charge in [0.1, 0.15) is 28.5 Å². The van der Waals surface area contributed by atoms with Crippen LogP contribution in [0.3, 0.4) is 0 Å². The van der Waals surface area contributed by atoms with Gasteiger partial charge in [0.2, 0.25) is 0 Å². The maximum absolute atomic E-state index is 12.4.